The van der Waals surface area contributed by atoms with Gasteiger partial charge in [0, 0.05) is 24.8 Å². The summed E-state index contributed by atoms with van der Waals surface area (Å²) in [6.45, 7) is 6.25. The van der Waals surface area contributed by atoms with Crippen LogP contribution in [0.3, 0.4) is 0 Å². The predicted molar refractivity (Wildman–Crippen MR) is 81.7 cm³/mol. The highest BCUT2D eigenvalue weighted by atomic mass is 19.4. The fourth-order valence-corrected chi connectivity index (χ4v) is 2.37. The van der Waals surface area contributed by atoms with E-state index in [-0.39, 0.29) is 6.04 Å². The van der Waals surface area contributed by atoms with Crippen molar-refractivity contribution in [2.75, 3.05) is 25.0 Å². The largest absolute Gasteiger partial charge is 0.401 e. The number of hydrogen-bond donors (Lipinski definition) is 1. The van der Waals surface area contributed by atoms with Gasteiger partial charge < -0.3 is 5.32 Å². The number of nitrogens with one attached hydrogen (secondary N) is 1. The summed E-state index contributed by atoms with van der Waals surface area (Å²) in [4.78, 5) is 1.48. The Bertz CT molecular complexity index is 393. The van der Waals surface area contributed by atoms with Crippen molar-refractivity contribution in [3.05, 3.63) is 29.8 Å². The molecule has 2 nitrogen and oxygen atoms in total. The van der Waals surface area contributed by atoms with Gasteiger partial charge in [-0.25, -0.2) is 0 Å². The number of benzene rings is 1. The number of alkyl halides is 3. The highest BCUT2D eigenvalue weighted by Crippen LogP contribution is 2.21. The Morgan fingerprint density at radius 3 is 2.10 bits per heavy atom. The monoisotopic (exact) mass is 302 g/mol. The molecule has 0 radical (unpaired) electrons. The summed E-state index contributed by atoms with van der Waals surface area (Å²) in [6.07, 6.45) is -2.58. The maximum Gasteiger partial charge on any atom is 0.401 e. The van der Waals surface area contributed by atoms with Gasteiger partial charge in [0.15, 0.2) is 0 Å². The zero-order valence-electron chi connectivity index (χ0n) is 13.0. The van der Waals surface area contributed by atoms with Crippen LogP contribution in [0.25, 0.3) is 0 Å². The first-order valence-corrected chi connectivity index (χ1v) is 7.55. The lowest BCUT2D eigenvalue weighted by Crippen LogP contribution is -2.43. The van der Waals surface area contributed by atoms with E-state index < -0.39 is 12.7 Å². The van der Waals surface area contributed by atoms with E-state index in [1.54, 1.807) is 0 Å². The van der Waals surface area contributed by atoms with Crippen molar-refractivity contribution in [3.63, 3.8) is 0 Å². The molecule has 2 rings (SSSR count). The molecule has 0 saturated carbocycles. The van der Waals surface area contributed by atoms with Crippen LogP contribution in [0.2, 0.25) is 0 Å². The van der Waals surface area contributed by atoms with Crippen molar-refractivity contribution in [3.8, 4) is 0 Å². The van der Waals surface area contributed by atoms with E-state index in [1.807, 2.05) is 45.0 Å². The summed E-state index contributed by atoms with van der Waals surface area (Å²) in [6, 6.07) is 8.35. The third-order valence-electron chi connectivity index (χ3n) is 3.41. The van der Waals surface area contributed by atoms with E-state index in [2.05, 4.69) is 5.32 Å². The molecule has 1 aliphatic rings. The van der Waals surface area contributed by atoms with E-state index in [1.165, 1.54) is 10.5 Å². The van der Waals surface area contributed by atoms with Gasteiger partial charge in [0.2, 0.25) is 0 Å². The number of hydrogen-bond acceptors (Lipinski definition) is 2. The molecule has 0 unspecified atom stereocenters. The standard InChI is InChI=1S/C14H19F3N2.C2H6/c1-11-2-4-12(5-3-11)18-13-6-8-19(9-7-13)10-14(15,16)17;1-2/h2-5,13,18H,6-10H2,1H3;1-2H3. The first-order chi connectivity index (χ1) is 9.92. The van der Waals surface area contributed by atoms with Crippen LogP contribution < -0.4 is 5.32 Å². The first kappa shape index (κ1) is 17.8. The van der Waals surface area contributed by atoms with Gasteiger partial charge in [-0.3, -0.25) is 4.90 Å². The number of rotatable bonds is 3. The van der Waals surface area contributed by atoms with E-state index in [0.717, 1.165) is 18.5 Å². The summed E-state index contributed by atoms with van der Waals surface area (Å²) < 4.78 is 36.8. The number of aryl methyl sites for hydroxylation is 1. The number of anilines is 1. The van der Waals surface area contributed by atoms with E-state index in [4.69, 9.17) is 0 Å². The number of likely N-dealkylation sites (tertiary alicyclic amines) is 1. The molecule has 5 heteroatoms. The van der Waals surface area contributed by atoms with Crippen LogP contribution in [-0.4, -0.2) is 36.8 Å². The second-order valence-electron chi connectivity index (χ2n) is 5.18. The van der Waals surface area contributed by atoms with Gasteiger partial charge in [0.05, 0.1) is 6.54 Å². The fourth-order valence-electron chi connectivity index (χ4n) is 2.37. The van der Waals surface area contributed by atoms with Crippen LogP contribution in [0.15, 0.2) is 24.3 Å². The van der Waals surface area contributed by atoms with Crippen molar-refractivity contribution in [2.45, 2.75) is 45.8 Å². The third kappa shape index (κ3) is 6.85. The topological polar surface area (TPSA) is 15.3 Å². The Hall–Kier alpha value is -1.23. The predicted octanol–water partition coefficient (Wildman–Crippen LogP) is 4.46. The minimum absolute atomic E-state index is 0.271. The van der Waals surface area contributed by atoms with Crippen LogP contribution in [-0.2, 0) is 0 Å². The lowest BCUT2D eigenvalue weighted by atomic mass is 10.0. The Kier molecular flexibility index (Phi) is 7.02. The molecule has 0 amide bonds. The van der Waals surface area contributed by atoms with Crippen molar-refractivity contribution in [1.29, 1.82) is 0 Å². The third-order valence-corrected chi connectivity index (χ3v) is 3.41. The molecule has 0 aromatic heterocycles. The Labute approximate surface area is 125 Å². The van der Waals surface area contributed by atoms with Crippen LogP contribution in [0.4, 0.5) is 18.9 Å². The van der Waals surface area contributed by atoms with Gasteiger partial charge >= 0.3 is 6.18 Å². The molecule has 1 N–H and O–H groups in total. The highest BCUT2D eigenvalue weighted by Gasteiger charge is 2.32. The zero-order chi connectivity index (χ0) is 15.9. The molecule has 1 saturated heterocycles. The van der Waals surface area contributed by atoms with Gasteiger partial charge in [-0.15, -0.1) is 0 Å². The highest BCUT2D eigenvalue weighted by molar-refractivity contribution is 5.45. The summed E-state index contributed by atoms with van der Waals surface area (Å²) in [7, 11) is 0. The minimum atomic E-state index is -4.09. The van der Waals surface area contributed by atoms with E-state index >= 15 is 0 Å². The maximum atomic E-state index is 12.3. The number of nitrogens with zero attached hydrogens (tertiary/aromatic N) is 1. The summed E-state index contributed by atoms with van der Waals surface area (Å²) in [5, 5.41) is 3.38. The van der Waals surface area contributed by atoms with Gasteiger partial charge in [-0.2, -0.15) is 13.2 Å². The molecule has 0 bridgehead atoms. The molecular formula is C16H25F3N2. The van der Waals surface area contributed by atoms with Gasteiger partial charge in [-0.05, 0) is 31.9 Å². The van der Waals surface area contributed by atoms with Crippen molar-refractivity contribution >= 4 is 5.69 Å². The summed E-state index contributed by atoms with van der Waals surface area (Å²) >= 11 is 0. The lowest BCUT2D eigenvalue weighted by molar-refractivity contribution is -0.147. The molecule has 120 valence electrons. The van der Waals surface area contributed by atoms with Crippen LogP contribution in [0, 0.1) is 6.92 Å². The Balaban J connectivity index is 0.00000106. The summed E-state index contributed by atoms with van der Waals surface area (Å²) in [5.74, 6) is 0. The van der Waals surface area contributed by atoms with E-state index in [0.29, 0.717) is 13.1 Å². The molecule has 1 fully saturated rings. The Morgan fingerprint density at radius 1 is 1.10 bits per heavy atom. The van der Waals surface area contributed by atoms with Crippen LogP contribution in [0.1, 0.15) is 32.3 Å². The smallest absolute Gasteiger partial charge is 0.382 e. The Morgan fingerprint density at radius 2 is 1.62 bits per heavy atom. The van der Waals surface area contributed by atoms with Crippen LogP contribution in [0.5, 0.6) is 0 Å². The molecule has 21 heavy (non-hydrogen) atoms. The average Bonchev–Trinajstić information content (AvgIpc) is 2.44. The average molecular weight is 302 g/mol. The maximum absolute atomic E-state index is 12.3. The van der Waals surface area contributed by atoms with Crippen molar-refractivity contribution < 1.29 is 13.2 Å². The first-order valence-electron chi connectivity index (χ1n) is 7.55. The molecule has 1 aromatic carbocycles. The van der Waals surface area contributed by atoms with Crippen molar-refractivity contribution in [2.24, 2.45) is 0 Å². The fraction of sp³-hybridized carbons (Fsp3) is 0.625. The van der Waals surface area contributed by atoms with Gasteiger partial charge in [0.1, 0.15) is 0 Å². The zero-order valence-corrected chi connectivity index (χ0v) is 13.0. The second kappa shape index (κ2) is 8.27. The molecule has 1 aromatic rings. The van der Waals surface area contributed by atoms with Gasteiger partial charge in [-0.1, -0.05) is 31.5 Å². The molecule has 0 atom stereocenters. The van der Waals surface area contributed by atoms with Gasteiger partial charge in [0.25, 0.3) is 0 Å². The molecule has 0 aliphatic carbocycles. The minimum Gasteiger partial charge on any atom is -0.382 e. The number of piperidine rings is 1. The van der Waals surface area contributed by atoms with Crippen molar-refractivity contribution in [1.82, 2.24) is 4.90 Å². The van der Waals surface area contributed by atoms with Crippen LogP contribution >= 0.6 is 0 Å². The number of halogens is 3. The molecule has 1 heterocycles. The lowest BCUT2D eigenvalue weighted by Gasteiger charge is -2.33. The normalized spacial score (nSPS) is 17.0. The SMILES string of the molecule is CC.Cc1ccc(NC2CCN(CC(F)(F)F)CC2)cc1. The molecular weight excluding hydrogens is 277 g/mol. The molecule has 1 aliphatic heterocycles. The van der Waals surface area contributed by atoms with E-state index in [9.17, 15) is 13.2 Å². The second-order valence-corrected chi connectivity index (χ2v) is 5.18. The summed E-state index contributed by atoms with van der Waals surface area (Å²) in [5.41, 5.74) is 2.24. The molecule has 0 spiro atoms. The quantitative estimate of drug-likeness (QED) is 0.887.